The highest BCUT2D eigenvalue weighted by atomic mass is 35.5. The number of methoxy groups -OCH3 is 1. The molecule has 0 saturated carbocycles. The van der Waals surface area contributed by atoms with Crippen molar-refractivity contribution in [3.8, 4) is 5.75 Å². The number of anilines is 1. The molecule has 0 heterocycles. The standard InChI is InChI=1S/C15H20Cl2N2O4S/c1-4-19(5-2)15(21)9-24(22)8-14(20)18-12-7-13(23-3)11(17)6-10(12)16/h6-7H,4-5,8-9H2,1-3H3,(H,18,20)/t24-/m0/s1. The predicted octanol–water partition coefficient (Wildman–Crippen LogP) is 2.56. The number of carbonyl (C=O) groups is 2. The molecular weight excluding hydrogens is 375 g/mol. The van der Waals surface area contributed by atoms with Crippen LogP contribution < -0.4 is 10.1 Å². The van der Waals surface area contributed by atoms with E-state index in [2.05, 4.69) is 5.32 Å². The smallest absolute Gasteiger partial charge is 0.237 e. The lowest BCUT2D eigenvalue weighted by atomic mass is 10.3. The van der Waals surface area contributed by atoms with E-state index in [0.717, 1.165) is 0 Å². The summed E-state index contributed by atoms with van der Waals surface area (Å²) < 4.78 is 17.0. The zero-order chi connectivity index (χ0) is 18.3. The van der Waals surface area contributed by atoms with Crippen LogP contribution in [0.5, 0.6) is 5.75 Å². The fourth-order valence-electron chi connectivity index (χ4n) is 1.97. The molecule has 0 spiro atoms. The molecule has 1 rings (SSSR count). The highest BCUT2D eigenvalue weighted by Gasteiger charge is 2.17. The van der Waals surface area contributed by atoms with E-state index >= 15 is 0 Å². The van der Waals surface area contributed by atoms with Crippen LogP contribution in [0.3, 0.4) is 0 Å². The Balaban J connectivity index is 2.66. The summed E-state index contributed by atoms with van der Waals surface area (Å²) in [6.45, 7) is 4.76. The molecular formula is C15H20Cl2N2O4S. The second-order valence-corrected chi connectivity index (χ2v) is 7.08. The van der Waals surface area contributed by atoms with Crippen molar-refractivity contribution in [3.63, 3.8) is 0 Å². The molecule has 1 atom stereocenters. The highest BCUT2D eigenvalue weighted by molar-refractivity contribution is 7.86. The Morgan fingerprint density at radius 2 is 1.79 bits per heavy atom. The predicted molar refractivity (Wildman–Crippen MR) is 97.4 cm³/mol. The van der Waals surface area contributed by atoms with Crippen molar-refractivity contribution in [3.05, 3.63) is 22.2 Å². The first-order chi connectivity index (χ1) is 11.3. The Hall–Kier alpha value is -1.31. The molecule has 0 aliphatic carbocycles. The maximum atomic E-state index is 12.0. The third-order valence-corrected chi connectivity index (χ3v) is 4.97. The van der Waals surface area contributed by atoms with Crippen LogP contribution in [-0.2, 0) is 20.4 Å². The summed E-state index contributed by atoms with van der Waals surface area (Å²) in [5.74, 6) is -0.875. The molecule has 0 unspecified atom stereocenters. The van der Waals surface area contributed by atoms with Gasteiger partial charge in [-0.1, -0.05) is 23.2 Å². The minimum absolute atomic E-state index is 0.188. The van der Waals surface area contributed by atoms with Gasteiger partial charge >= 0.3 is 0 Å². The molecule has 134 valence electrons. The Kier molecular flexibility index (Phi) is 8.52. The maximum absolute atomic E-state index is 12.0. The Morgan fingerprint density at radius 3 is 2.33 bits per heavy atom. The van der Waals surface area contributed by atoms with Gasteiger partial charge in [0.1, 0.15) is 17.3 Å². The molecule has 0 aliphatic rings. The van der Waals surface area contributed by atoms with E-state index in [4.69, 9.17) is 27.9 Å². The summed E-state index contributed by atoms with van der Waals surface area (Å²) in [6.07, 6.45) is 0. The Bertz CT molecular complexity index is 636. The molecule has 0 bridgehead atoms. The van der Waals surface area contributed by atoms with Crippen LogP contribution in [-0.4, -0.2) is 52.6 Å². The van der Waals surface area contributed by atoms with Crippen molar-refractivity contribution in [2.75, 3.05) is 37.0 Å². The molecule has 9 heteroatoms. The number of amides is 2. The molecule has 2 amide bonds. The van der Waals surface area contributed by atoms with Crippen molar-refractivity contribution in [1.82, 2.24) is 4.90 Å². The van der Waals surface area contributed by atoms with Gasteiger partial charge in [-0.25, -0.2) is 0 Å². The second-order valence-electron chi connectivity index (χ2n) is 4.81. The fourth-order valence-corrected chi connectivity index (χ4v) is 3.40. The number of carbonyl (C=O) groups excluding carboxylic acids is 2. The van der Waals surface area contributed by atoms with Crippen LogP contribution in [0.4, 0.5) is 5.69 Å². The molecule has 0 aliphatic heterocycles. The maximum Gasteiger partial charge on any atom is 0.237 e. The third-order valence-electron chi connectivity index (χ3n) is 3.21. The highest BCUT2D eigenvalue weighted by Crippen LogP contribution is 2.33. The zero-order valence-electron chi connectivity index (χ0n) is 13.7. The number of halogens is 2. The van der Waals surface area contributed by atoms with Crippen LogP contribution >= 0.6 is 23.2 Å². The van der Waals surface area contributed by atoms with Crippen molar-refractivity contribution in [1.29, 1.82) is 0 Å². The molecule has 0 fully saturated rings. The van der Waals surface area contributed by atoms with Crippen LogP contribution in [0, 0.1) is 0 Å². The van der Waals surface area contributed by atoms with Crippen molar-refractivity contribution in [2.24, 2.45) is 0 Å². The number of benzene rings is 1. The zero-order valence-corrected chi connectivity index (χ0v) is 16.1. The first kappa shape index (κ1) is 20.7. The van der Waals surface area contributed by atoms with Crippen molar-refractivity contribution in [2.45, 2.75) is 13.8 Å². The Morgan fingerprint density at radius 1 is 1.17 bits per heavy atom. The van der Waals surface area contributed by atoms with E-state index in [0.29, 0.717) is 29.5 Å². The van der Waals surface area contributed by atoms with Gasteiger partial charge in [0.15, 0.2) is 0 Å². The molecule has 24 heavy (non-hydrogen) atoms. The largest absolute Gasteiger partial charge is 0.495 e. The first-order valence-corrected chi connectivity index (χ1v) is 9.52. The SMILES string of the molecule is CCN(CC)C(=O)C[S@@](=O)CC(=O)Nc1cc(OC)c(Cl)cc1Cl. The van der Waals surface area contributed by atoms with Crippen LogP contribution in [0.2, 0.25) is 10.0 Å². The van der Waals surface area contributed by atoms with Crippen LogP contribution in [0.1, 0.15) is 13.8 Å². The average molecular weight is 395 g/mol. The van der Waals surface area contributed by atoms with E-state index in [1.54, 1.807) is 4.90 Å². The summed E-state index contributed by atoms with van der Waals surface area (Å²) in [5, 5.41) is 3.10. The van der Waals surface area contributed by atoms with Gasteiger partial charge < -0.3 is 15.0 Å². The van der Waals surface area contributed by atoms with Crippen molar-refractivity contribution < 1.29 is 18.5 Å². The van der Waals surface area contributed by atoms with Crippen LogP contribution in [0.25, 0.3) is 0 Å². The number of hydrogen-bond acceptors (Lipinski definition) is 4. The summed E-state index contributed by atoms with van der Waals surface area (Å²) >= 11 is 11.9. The number of rotatable bonds is 8. The van der Waals surface area contributed by atoms with Gasteiger partial charge in [-0.2, -0.15) is 0 Å². The van der Waals surface area contributed by atoms with E-state index in [-0.39, 0.29) is 22.4 Å². The molecule has 0 saturated heterocycles. The van der Waals surface area contributed by atoms with Crippen LogP contribution in [0.15, 0.2) is 12.1 Å². The number of ether oxygens (including phenoxy) is 1. The summed E-state index contributed by atoms with van der Waals surface area (Å²) in [7, 11) is -0.160. The molecule has 6 nitrogen and oxygen atoms in total. The van der Waals surface area contributed by atoms with E-state index in [1.807, 2.05) is 13.8 Å². The molecule has 0 aromatic heterocycles. The first-order valence-electron chi connectivity index (χ1n) is 7.27. The average Bonchev–Trinajstić information content (AvgIpc) is 2.50. The van der Waals surface area contributed by atoms with Gasteiger partial charge in [0.25, 0.3) is 0 Å². The lowest BCUT2D eigenvalue weighted by Gasteiger charge is -2.18. The van der Waals surface area contributed by atoms with E-state index in [9.17, 15) is 13.8 Å². The van der Waals surface area contributed by atoms with Gasteiger partial charge in [0.2, 0.25) is 11.8 Å². The van der Waals surface area contributed by atoms with Gasteiger partial charge in [0.05, 0.1) is 22.8 Å². The van der Waals surface area contributed by atoms with E-state index < -0.39 is 16.7 Å². The normalized spacial score (nSPS) is 11.7. The van der Waals surface area contributed by atoms with Crippen molar-refractivity contribution >= 4 is 51.5 Å². The fraction of sp³-hybridized carbons (Fsp3) is 0.467. The quantitative estimate of drug-likeness (QED) is 0.734. The number of hydrogen-bond donors (Lipinski definition) is 1. The number of nitrogens with one attached hydrogen (secondary N) is 1. The third kappa shape index (κ3) is 5.96. The monoisotopic (exact) mass is 394 g/mol. The lowest BCUT2D eigenvalue weighted by molar-refractivity contribution is -0.128. The van der Waals surface area contributed by atoms with Gasteiger partial charge in [-0.3, -0.25) is 13.8 Å². The lowest BCUT2D eigenvalue weighted by Crippen LogP contribution is -2.35. The summed E-state index contributed by atoms with van der Waals surface area (Å²) in [4.78, 5) is 25.4. The van der Waals surface area contributed by atoms with Gasteiger partial charge in [0, 0.05) is 30.0 Å². The second kappa shape index (κ2) is 9.86. The number of nitrogens with zero attached hydrogens (tertiary/aromatic N) is 1. The topological polar surface area (TPSA) is 75.7 Å². The minimum Gasteiger partial charge on any atom is -0.495 e. The van der Waals surface area contributed by atoms with Gasteiger partial charge in [-0.15, -0.1) is 0 Å². The molecule has 0 radical (unpaired) electrons. The van der Waals surface area contributed by atoms with Gasteiger partial charge in [-0.05, 0) is 19.9 Å². The van der Waals surface area contributed by atoms with E-state index in [1.165, 1.54) is 19.2 Å². The summed E-state index contributed by atoms with van der Waals surface area (Å²) in [6, 6.07) is 2.92. The molecule has 1 aromatic rings. The molecule has 1 aromatic carbocycles. The Labute approximate surface area is 153 Å². The minimum atomic E-state index is -1.60. The summed E-state index contributed by atoms with van der Waals surface area (Å²) in [5.41, 5.74) is 0.301. The molecule has 1 N–H and O–H groups in total.